The number of para-hydroxylation sites is 2. The fourth-order valence-corrected chi connectivity index (χ4v) is 3.84. The lowest BCUT2D eigenvalue weighted by atomic mass is 9.95. The standard InChI is InChI=1S/C21H21Cl2N3O3/c22-15-11-16(23)20(24-12-15)29-18-4-2-1-3-17(18)25-19(27)13-7-9-26(10-8-13)21(28)14-5-6-14/h1-4,11-14H,5-10H2,(H,25,27). The summed E-state index contributed by atoms with van der Waals surface area (Å²) in [5.74, 6) is 0.912. The molecule has 1 aromatic carbocycles. The third-order valence-corrected chi connectivity index (χ3v) is 5.71. The molecule has 1 saturated carbocycles. The molecule has 2 fully saturated rings. The number of piperidine rings is 1. The first-order valence-electron chi connectivity index (χ1n) is 9.69. The maximum atomic E-state index is 12.8. The second-order valence-corrected chi connectivity index (χ2v) is 8.25. The number of hydrogen-bond acceptors (Lipinski definition) is 4. The summed E-state index contributed by atoms with van der Waals surface area (Å²) in [6, 6.07) is 8.67. The number of amides is 2. The van der Waals surface area contributed by atoms with Gasteiger partial charge < -0.3 is 15.0 Å². The summed E-state index contributed by atoms with van der Waals surface area (Å²) in [5.41, 5.74) is 0.543. The topological polar surface area (TPSA) is 71.5 Å². The molecule has 1 aromatic heterocycles. The van der Waals surface area contributed by atoms with Crippen LogP contribution in [0.3, 0.4) is 0 Å². The number of carbonyl (C=O) groups excluding carboxylic acids is 2. The number of nitrogens with zero attached hydrogens (tertiary/aromatic N) is 2. The molecule has 1 N–H and O–H groups in total. The second-order valence-electron chi connectivity index (χ2n) is 7.40. The SMILES string of the molecule is O=C(Nc1ccccc1Oc1ncc(Cl)cc1Cl)C1CCN(C(=O)C2CC2)CC1. The number of hydrogen-bond donors (Lipinski definition) is 1. The van der Waals surface area contributed by atoms with Gasteiger partial charge in [-0.2, -0.15) is 0 Å². The van der Waals surface area contributed by atoms with Crippen LogP contribution in [0.5, 0.6) is 11.6 Å². The summed E-state index contributed by atoms with van der Waals surface area (Å²) in [4.78, 5) is 30.9. The minimum absolute atomic E-state index is 0.0743. The number of rotatable bonds is 5. The predicted octanol–water partition coefficient (Wildman–Crippen LogP) is 4.77. The van der Waals surface area contributed by atoms with Crippen LogP contribution in [0.25, 0.3) is 0 Å². The van der Waals surface area contributed by atoms with E-state index >= 15 is 0 Å². The number of anilines is 1. The molecule has 2 aromatic rings. The van der Waals surface area contributed by atoms with Gasteiger partial charge in [0, 0.05) is 31.1 Å². The number of nitrogens with one attached hydrogen (secondary N) is 1. The van der Waals surface area contributed by atoms with Crippen LogP contribution in [0.2, 0.25) is 10.0 Å². The molecule has 29 heavy (non-hydrogen) atoms. The van der Waals surface area contributed by atoms with Crippen molar-refractivity contribution in [3.63, 3.8) is 0 Å². The lowest BCUT2D eigenvalue weighted by molar-refractivity contribution is -0.135. The molecule has 1 aliphatic heterocycles. The average Bonchev–Trinajstić information content (AvgIpc) is 3.56. The number of ether oxygens (including phenoxy) is 1. The van der Waals surface area contributed by atoms with Crippen LogP contribution in [0, 0.1) is 11.8 Å². The van der Waals surface area contributed by atoms with Crippen molar-refractivity contribution in [3.8, 4) is 11.6 Å². The van der Waals surface area contributed by atoms with Crippen LogP contribution < -0.4 is 10.1 Å². The summed E-state index contributed by atoms with van der Waals surface area (Å²) in [6.07, 6.45) is 4.78. The molecule has 6 nitrogen and oxygen atoms in total. The van der Waals surface area contributed by atoms with Gasteiger partial charge in [0.05, 0.1) is 10.7 Å². The Morgan fingerprint density at radius 3 is 2.48 bits per heavy atom. The van der Waals surface area contributed by atoms with E-state index in [9.17, 15) is 9.59 Å². The number of carbonyl (C=O) groups is 2. The summed E-state index contributed by atoms with van der Waals surface area (Å²) in [6.45, 7) is 1.27. The van der Waals surface area contributed by atoms with Crippen molar-refractivity contribution in [2.24, 2.45) is 11.8 Å². The van der Waals surface area contributed by atoms with Crippen molar-refractivity contribution in [3.05, 3.63) is 46.6 Å². The Kier molecular flexibility index (Phi) is 5.92. The van der Waals surface area contributed by atoms with Gasteiger partial charge in [0.2, 0.25) is 17.7 Å². The molecule has 2 amide bonds. The average molecular weight is 434 g/mol. The minimum Gasteiger partial charge on any atom is -0.435 e. The molecule has 0 spiro atoms. The minimum atomic E-state index is -0.136. The highest BCUT2D eigenvalue weighted by Crippen LogP contribution is 2.35. The first kappa shape index (κ1) is 20.0. The molecule has 0 unspecified atom stereocenters. The van der Waals surface area contributed by atoms with Gasteiger partial charge >= 0.3 is 0 Å². The Hall–Kier alpha value is -2.31. The number of aromatic nitrogens is 1. The van der Waals surface area contributed by atoms with E-state index in [1.165, 1.54) is 6.20 Å². The van der Waals surface area contributed by atoms with Crippen molar-refractivity contribution in [1.29, 1.82) is 0 Å². The lowest BCUT2D eigenvalue weighted by Crippen LogP contribution is -2.42. The van der Waals surface area contributed by atoms with Crippen molar-refractivity contribution >= 4 is 40.7 Å². The molecule has 1 aliphatic carbocycles. The maximum absolute atomic E-state index is 12.8. The molecular weight excluding hydrogens is 413 g/mol. The molecular formula is C21H21Cl2N3O3. The van der Waals surface area contributed by atoms with Crippen LogP contribution in [-0.2, 0) is 9.59 Å². The summed E-state index contributed by atoms with van der Waals surface area (Å²) >= 11 is 12.0. The monoisotopic (exact) mass is 433 g/mol. The zero-order valence-corrected chi connectivity index (χ0v) is 17.2. The van der Waals surface area contributed by atoms with Crippen molar-refractivity contribution in [1.82, 2.24) is 9.88 Å². The fourth-order valence-electron chi connectivity index (χ4n) is 3.43. The van der Waals surface area contributed by atoms with Crippen molar-refractivity contribution in [2.75, 3.05) is 18.4 Å². The molecule has 4 rings (SSSR count). The van der Waals surface area contributed by atoms with Crippen LogP contribution >= 0.6 is 23.2 Å². The van der Waals surface area contributed by atoms with Crippen molar-refractivity contribution < 1.29 is 14.3 Å². The smallest absolute Gasteiger partial charge is 0.238 e. The quantitative estimate of drug-likeness (QED) is 0.736. The van der Waals surface area contributed by atoms with E-state index in [1.807, 2.05) is 11.0 Å². The lowest BCUT2D eigenvalue weighted by Gasteiger charge is -2.31. The normalized spacial score (nSPS) is 17.1. The van der Waals surface area contributed by atoms with Gasteiger partial charge in [-0.1, -0.05) is 35.3 Å². The molecule has 0 radical (unpaired) electrons. The second kappa shape index (κ2) is 8.59. The molecule has 2 heterocycles. The molecule has 152 valence electrons. The van der Waals surface area contributed by atoms with Gasteiger partial charge in [0.15, 0.2) is 5.75 Å². The first-order valence-corrected chi connectivity index (χ1v) is 10.4. The van der Waals surface area contributed by atoms with Crippen LogP contribution in [0.1, 0.15) is 25.7 Å². The number of benzene rings is 1. The highest BCUT2D eigenvalue weighted by atomic mass is 35.5. The van der Waals surface area contributed by atoms with E-state index in [2.05, 4.69) is 10.3 Å². The summed E-state index contributed by atoms with van der Waals surface area (Å²) in [7, 11) is 0. The Labute approximate surface area is 179 Å². The highest BCUT2D eigenvalue weighted by molar-refractivity contribution is 6.35. The van der Waals surface area contributed by atoms with E-state index in [0.717, 1.165) is 12.8 Å². The number of halogens is 2. The Bertz CT molecular complexity index is 925. The Morgan fingerprint density at radius 2 is 1.79 bits per heavy atom. The molecule has 8 heteroatoms. The van der Waals surface area contributed by atoms with Gasteiger partial charge in [0.1, 0.15) is 5.02 Å². The number of pyridine rings is 1. The first-order chi connectivity index (χ1) is 14.0. The molecule has 1 saturated heterocycles. The van der Waals surface area contributed by atoms with Crippen LogP contribution in [-0.4, -0.2) is 34.8 Å². The summed E-state index contributed by atoms with van der Waals surface area (Å²) in [5, 5.41) is 3.64. The zero-order valence-electron chi connectivity index (χ0n) is 15.7. The maximum Gasteiger partial charge on any atom is 0.238 e. The van der Waals surface area contributed by atoms with Crippen molar-refractivity contribution in [2.45, 2.75) is 25.7 Å². The van der Waals surface area contributed by atoms with Gasteiger partial charge in [-0.3, -0.25) is 9.59 Å². The predicted molar refractivity (Wildman–Crippen MR) is 111 cm³/mol. The van der Waals surface area contributed by atoms with E-state index in [1.54, 1.807) is 24.3 Å². The summed E-state index contributed by atoms with van der Waals surface area (Å²) < 4.78 is 5.80. The highest BCUT2D eigenvalue weighted by Gasteiger charge is 2.36. The van der Waals surface area contributed by atoms with Crippen LogP contribution in [0.15, 0.2) is 36.5 Å². The molecule has 0 atom stereocenters. The van der Waals surface area contributed by atoms with E-state index in [-0.39, 0.29) is 34.6 Å². The van der Waals surface area contributed by atoms with Crippen LogP contribution in [0.4, 0.5) is 5.69 Å². The third kappa shape index (κ3) is 4.82. The fraction of sp³-hybridized carbons (Fsp3) is 0.381. The zero-order chi connectivity index (χ0) is 20.4. The molecule has 0 bridgehead atoms. The van der Waals surface area contributed by atoms with E-state index in [4.69, 9.17) is 27.9 Å². The largest absolute Gasteiger partial charge is 0.435 e. The Morgan fingerprint density at radius 1 is 1.07 bits per heavy atom. The Balaban J connectivity index is 1.39. The molecule has 2 aliphatic rings. The van der Waals surface area contributed by atoms with Gasteiger partial charge in [-0.25, -0.2) is 4.98 Å². The van der Waals surface area contributed by atoms with E-state index < -0.39 is 0 Å². The van der Waals surface area contributed by atoms with E-state index in [0.29, 0.717) is 42.4 Å². The van der Waals surface area contributed by atoms with Gasteiger partial charge in [-0.05, 0) is 43.9 Å². The third-order valence-electron chi connectivity index (χ3n) is 5.23. The number of likely N-dealkylation sites (tertiary alicyclic amines) is 1. The van der Waals surface area contributed by atoms with Gasteiger partial charge in [-0.15, -0.1) is 0 Å². The van der Waals surface area contributed by atoms with Gasteiger partial charge in [0.25, 0.3) is 0 Å².